The molecule has 3 aromatic rings. The molecule has 22 heavy (non-hydrogen) atoms. The summed E-state index contributed by atoms with van der Waals surface area (Å²) in [5.41, 5.74) is 5.44. The average Bonchev–Trinajstić information content (AvgIpc) is 2.88. The van der Waals surface area contributed by atoms with E-state index in [0.29, 0.717) is 0 Å². The topological polar surface area (TPSA) is 17.0 Å². The van der Waals surface area contributed by atoms with E-state index < -0.39 is 0 Å². The van der Waals surface area contributed by atoms with Crippen molar-refractivity contribution in [3.05, 3.63) is 71.4 Å². The summed E-state index contributed by atoms with van der Waals surface area (Å²) in [5, 5.41) is 4.88. The zero-order valence-corrected chi connectivity index (χ0v) is 13.5. The summed E-state index contributed by atoms with van der Waals surface area (Å²) in [6.45, 7) is 7.33. The lowest BCUT2D eigenvalue weighted by Crippen LogP contribution is -2.13. The van der Waals surface area contributed by atoms with Crippen molar-refractivity contribution in [3.8, 4) is 0 Å². The second kappa shape index (κ2) is 6.80. The van der Waals surface area contributed by atoms with Crippen LogP contribution in [0.1, 0.15) is 30.0 Å². The van der Waals surface area contributed by atoms with Crippen LogP contribution in [-0.2, 0) is 13.1 Å². The Morgan fingerprint density at radius 1 is 0.955 bits per heavy atom. The van der Waals surface area contributed by atoms with Gasteiger partial charge < -0.3 is 9.88 Å². The summed E-state index contributed by atoms with van der Waals surface area (Å²) < 4.78 is 2.38. The summed E-state index contributed by atoms with van der Waals surface area (Å²) >= 11 is 0. The van der Waals surface area contributed by atoms with E-state index in [9.17, 15) is 0 Å². The minimum Gasteiger partial charge on any atom is -0.343 e. The Morgan fingerprint density at radius 2 is 1.73 bits per heavy atom. The molecular formula is C20H24N2. The van der Waals surface area contributed by atoms with E-state index in [1.165, 1.54) is 34.0 Å². The molecule has 0 unspecified atom stereocenters. The zero-order chi connectivity index (χ0) is 15.4. The van der Waals surface area contributed by atoms with Gasteiger partial charge >= 0.3 is 0 Å². The summed E-state index contributed by atoms with van der Waals surface area (Å²) in [5.74, 6) is 0. The van der Waals surface area contributed by atoms with Gasteiger partial charge in [0.1, 0.15) is 0 Å². The number of para-hydroxylation sites is 1. The quantitative estimate of drug-likeness (QED) is 0.662. The highest BCUT2D eigenvalue weighted by atomic mass is 15.0. The number of aryl methyl sites for hydroxylation is 1. The maximum Gasteiger partial charge on any atom is 0.0486 e. The number of benzene rings is 2. The lowest BCUT2D eigenvalue weighted by molar-refractivity contribution is 0.675. The standard InChI is InChI=1S/C20H24N2/c1-3-12-21-13-18-15-22(20-11-7-6-10-19(18)20)14-17-9-5-4-8-16(17)2/h4-11,15,21H,3,12-14H2,1-2H3. The summed E-state index contributed by atoms with van der Waals surface area (Å²) in [4.78, 5) is 0. The minimum absolute atomic E-state index is 0.932. The number of hydrogen-bond donors (Lipinski definition) is 1. The molecule has 2 aromatic carbocycles. The maximum absolute atomic E-state index is 3.52. The first-order valence-corrected chi connectivity index (χ1v) is 8.11. The SMILES string of the molecule is CCCNCc1cn(Cc2ccccc2C)c2ccccc12. The molecule has 2 nitrogen and oxygen atoms in total. The Hall–Kier alpha value is -2.06. The van der Waals surface area contributed by atoms with E-state index in [4.69, 9.17) is 0 Å². The first kappa shape index (κ1) is 14.9. The first-order chi connectivity index (χ1) is 10.8. The van der Waals surface area contributed by atoms with Crippen molar-refractivity contribution in [1.29, 1.82) is 0 Å². The Labute approximate surface area is 132 Å². The van der Waals surface area contributed by atoms with Crippen LogP contribution in [0.25, 0.3) is 10.9 Å². The first-order valence-electron chi connectivity index (χ1n) is 8.11. The third-order valence-corrected chi connectivity index (χ3v) is 4.22. The highest BCUT2D eigenvalue weighted by molar-refractivity contribution is 5.84. The van der Waals surface area contributed by atoms with Gasteiger partial charge in [0.25, 0.3) is 0 Å². The molecular weight excluding hydrogens is 268 g/mol. The van der Waals surface area contributed by atoms with Gasteiger partial charge in [-0.2, -0.15) is 0 Å². The van der Waals surface area contributed by atoms with Gasteiger partial charge in [-0.15, -0.1) is 0 Å². The van der Waals surface area contributed by atoms with Crippen LogP contribution >= 0.6 is 0 Å². The normalized spacial score (nSPS) is 11.2. The van der Waals surface area contributed by atoms with E-state index in [1.807, 2.05) is 0 Å². The number of fused-ring (bicyclic) bond motifs is 1. The van der Waals surface area contributed by atoms with E-state index in [2.05, 4.69) is 78.5 Å². The summed E-state index contributed by atoms with van der Waals surface area (Å²) in [6.07, 6.45) is 3.47. The third kappa shape index (κ3) is 3.07. The molecule has 0 atom stereocenters. The molecule has 1 heterocycles. The van der Waals surface area contributed by atoms with Crippen LogP contribution in [0.2, 0.25) is 0 Å². The van der Waals surface area contributed by atoms with Crippen LogP contribution in [-0.4, -0.2) is 11.1 Å². The Morgan fingerprint density at radius 3 is 2.55 bits per heavy atom. The minimum atomic E-state index is 0.932. The predicted molar refractivity (Wildman–Crippen MR) is 94.2 cm³/mol. The lowest BCUT2D eigenvalue weighted by atomic mass is 10.1. The molecule has 1 N–H and O–H groups in total. The van der Waals surface area contributed by atoms with Crippen molar-refractivity contribution in [2.45, 2.75) is 33.4 Å². The van der Waals surface area contributed by atoms with Gasteiger partial charge in [0, 0.05) is 30.2 Å². The second-order valence-corrected chi connectivity index (χ2v) is 5.90. The van der Waals surface area contributed by atoms with Crippen LogP contribution < -0.4 is 5.32 Å². The Balaban J connectivity index is 1.94. The van der Waals surface area contributed by atoms with Crippen LogP contribution in [0.15, 0.2) is 54.7 Å². The molecule has 0 aliphatic rings. The second-order valence-electron chi connectivity index (χ2n) is 5.90. The van der Waals surface area contributed by atoms with E-state index >= 15 is 0 Å². The smallest absolute Gasteiger partial charge is 0.0486 e. The fraction of sp³-hybridized carbons (Fsp3) is 0.300. The van der Waals surface area contributed by atoms with E-state index in [1.54, 1.807) is 0 Å². The lowest BCUT2D eigenvalue weighted by Gasteiger charge is -2.08. The molecule has 0 saturated carbocycles. The molecule has 0 spiro atoms. The number of aromatic nitrogens is 1. The molecule has 1 aromatic heterocycles. The van der Waals surface area contributed by atoms with Gasteiger partial charge in [0.15, 0.2) is 0 Å². The number of rotatable bonds is 6. The zero-order valence-electron chi connectivity index (χ0n) is 13.5. The molecule has 0 bridgehead atoms. The Kier molecular flexibility index (Phi) is 4.59. The van der Waals surface area contributed by atoms with Crippen LogP contribution in [0.3, 0.4) is 0 Å². The highest BCUT2D eigenvalue weighted by Crippen LogP contribution is 2.23. The van der Waals surface area contributed by atoms with Crippen LogP contribution in [0.5, 0.6) is 0 Å². The van der Waals surface area contributed by atoms with Crippen LogP contribution in [0, 0.1) is 6.92 Å². The van der Waals surface area contributed by atoms with E-state index in [0.717, 1.165) is 19.6 Å². The fourth-order valence-corrected chi connectivity index (χ4v) is 2.97. The summed E-state index contributed by atoms with van der Waals surface area (Å²) in [6, 6.07) is 17.3. The number of nitrogens with zero attached hydrogens (tertiary/aromatic N) is 1. The maximum atomic E-state index is 3.52. The summed E-state index contributed by atoms with van der Waals surface area (Å²) in [7, 11) is 0. The molecule has 0 fully saturated rings. The van der Waals surface area contributed by atoms with Crippen molar-refractivity contribution < 1.29 is 0 Å². The molecule has 3 rings (SSSR count). The Bertz CT molecular complexity index is 755. The third-order valence-electron chi connectivity index (χ3n) is 4.22. The monoisotopic (exact) mass is 292 g/mol. The van der Waals surface area contributed by atoms with Crippen molar-refractivity contribution in [3.63, 3.8) is 0 Å². The van der Waals surface area contributed by atoms with Gasteiger partial charge in [-0.1, -0.05) is 49.4 Å². The van der Waals surface area contributed by atoms with Gasteiger partial charge in [0.2, 0.25) is 0 Å². The largest absolute Gasteiger partial charge is 0.343 e. The number of nitrogens with one attached hydrogen (secondary N) is 1. The fourth-order valence-electron chi connectivity index (χ4n) is 2.97. The van der Waals surface area contributed by atoms with Gasteiger partial charge in [0.05, 0.1) is 0 Å². The predicted octanol–water partition coefficient (Wildman–Crippen LogP) is 4.50. The molecule has 0 aliphatic heterocycles. The van der Waals surface area contributed by atoms with Gasteiger partial charge in [-0.25, -0.2) is 0 Å². The van der Waals surface area contributed by atoms with Gasteiger partial charge in [-0.3, -0.25) is 0 Å². The van der Waals surface area contributed by atoms with Crippen molar-refractivity contribution in [1.82, 2.24) is 9.88 Å². The molecule has 0 aliphatic carbocycles. The molecule has 0 radical (unpaired) electrons. The molecule has 114 valence electrons. The molecule has 0 amide bonds. The van der Waals surface area contributed by atoms with Gasteiger partial charge in [-0.05, 0) is 42.6 Å². The van der Waals surface area contributed by atoms with Crippen molar-refractivity contribution >= 4 is 10.9 Å². The van der Waals surface area contributed by atoms with Crippen molar-refractivity contribution in [2.24, 2.45) is 0 Å². The van der Waals surface area contributed by atoms with E-state index in [-0.39, 0.29) is 0 Å². The molecule has 0 saturated heterocycles. The van der Waals surface area contributed by atoms with Crippen molar-refractivity contribution in [2.75, 3.05) is 6.54 Å². The number of hydrogen-bond acceptors (Lipinski definition) is 1. The average molecular weight is 292 g/mol. The molecule has 2 heteroatoms. The van der Waals surface area contributed by atoms with Crippen LogP contribution in [0.4, 0.5) is 0 Å². The highest BCUT2D eigenvalue weighted by Gasteiger charge is 2.08.